The molecule has 0 aliphatic carbocycles. The van der Waals surface area contributed by atoms with Gasteiger partial charge in [-0.25, -0.2) is 4.98 Å². The van der Waals surface area contributed by atoms with Gasteiger partial charge in [0.25, 0.3) is 5.91 Å². The highest BCUT2D eigenvalue weighted by Crippen LogP contribution is 2.26. The molecule has 162 valence electrons. The van der Waals surface area contributed by atoms with E-state index >= 15 is 0 Å². The Labute approximate surface area is 190 Å². The van der Waals surface area contributed by atoms with Gasteiger partial charge in [-0.3, -0.25) is 9.59 Å². The fourth-order valence-corrected chi connectivity index (χ4v) is 4.97. The molecule has 6 nitrogen and oxygen atoms in total. The quantitative estimate of drug-likeness (QED) is 0.492. The number of aromatic nitrogens is 2. The molecule has 0 radical (unpaired) electrons. The molecule has 0 saturated carbocycles. The van der Waals surface area contributed by atoms with E-state index in [1.165, 1.54) is 11.3 Å². The molecule has 2 aromatic carbocycles. The molecule has 1 aliphatic heterocycles. The third kappa shape index (κ3) is 3.91. The number of fused-ring (bicyclic) bond motifs is 1. The topological polar surface area (TPSA) is 67.2 Å². The standard InChI is InChI=1S/C25H24N4O2S/c1-28-21-8-3-2-7-20(21)27-23(28)17-10-12-19(13-11-17)26-24(30)18-6-4-14-29(16-18)25(31)22-9-5-15-32-22/h2-3,5,7-13,15,18H,4,6,14,16H2,1H3,(H,26,30). The van der Waals surface area contributed by atoms with Crippen molar-refractivity contribution in [1.82, 2.24) is 14.5 Å². The molecule has 1 aliphatic rings. The van der Waals surface area contributed by atoms with E-state index in [0.29, 0.717) is 13.1 Å². The molecule has 1 fully saturated rings. The molecular formula is C25H24N4O2S. The van der Waals surface area contributed by atoms with Crippen molar-refractivity contribution < 1.29 is 9.59 Å². The highest BCUT2D eigenvalue weighted by Gasteiger charge is 2.29. The molecule has 2 aromatic heterocycles. The van der Waals surface area contributed by atoms with Crippen molar-refractivity contribution in [3.63, 3.8) is 0 Å². The summed E-state index contributed by atoms with van der Waals surface area (Å²) in [5, 5.41) is 4.93. The Morgan fingerprint density at radius 2 is 1.88 bits per heavy atom. The summed E-state index contributed by atoms with van der Waals surface area (Å²) in [7, 11) is 2.01. The molecule has 0 spiro atoms. The minimum Gasteiger partial charge on any atom is -0.337 e. The van der Waals surface area contributed by atoms with Crippen molar-refractivity contribution in [2.45, 2.75) is 12.8 Å². The van der Waals surface area contributed by atoms with Crippen LogP contribution in [0.1, 0.15) is 22.5 Å². The summed E-state index contributed by atoms with van der Waals surface area (Å²) in [5.74, 6) is 0.666. The Kier molecular flexibility index (Phi) is 5.49. The fourth-order valence-electron chi connectivity index (χ4n) is 4.28. The van der Waals surface area contributed by atoms with Crippen LogP contribution in [-0.2, 0) is 11.8 Å². The highest BCUT2D eigenvalue weighted by molar-refractivity contribution is 7.12. The van der Waals surface area contributed by atoms with Crippen LogP contribution in [-0.4, -0.2) is 39.4 Å². The number of likely N-dealkylation sites (tertiary alicyclic amines) is 1. The first-order valence-corrected chi connectivity index (χ1v) is 11.6. The van der Waals surface area contributed by atoms with Gasteiger partial charge < -0.3 is 14.8 Å². The molecule has 1 unspecified atom stereocenters. The van der Waals surface area contributed by atoms with Crippen molar-refractivity contribution in [2.24, 2.45) is 13.0 Å². The molecule has 5 rings (SSSR count). The first-order chi connectivity index (χ1) is 15.6. The largest absolute Gasteiger partial charge is 0.337 e. The lowest BCUT2D eigenvalue weighted by molar-refractivity contribution is -0.121. The number of hydrogen-bond donors (Lipinski definition) is 1. The van der Waals surface area contributed by atoms with E-state index in [9.17, 15) is 9.59 Å². The van der Waals surface area contributed by atoms with Gasteiger partial charge in [-0.15, -0.1) is 11.3 Å². The van der Waals surface area contributed by atoms with Crippen molar-refractivity contribution in [2.75, 3.05) is 18.4 Å². The summed E-state index contributed by atoms with van der Waals surface area (Å²) in [6.45, 7) is 1.16. The zero-order valence-corrected chi connectivity index (χ0v) is 18.6. The third-order valence-electron chi connectivity index (χ3n) is 6.01. The number of imidazole rings is 1. The van der Waals surface area contributed by atoms with Gasteiger partial charge in [-0.05, 0) is 60.7 Å². The maximum atomic E-state index is 12.9. The summed E-state index contributed by atoms with van der Waals surface area (Å²) >= 11 is 1.44. The number of rotatable bonds is 4. The van der Waals surface area contributed by atoms with Gasteiger partial charge in [0.05, 0.1) is 21.8 Å². The van der Waals surface area contributed by atoms with Crippen LogP contribution in [0.3, 0.4) is 0 Å². The zero-order chi connectivity index (χ0) is 22.1. The second-order valence-corrected chi connectivity index (χ2v) is 9.07. The van der Waals surface area contributed by atoms with Crippen LogP contribution >= 0.6 is 11.3 Å². The lowest BCUT2D eigenvalue weighted by Crippen LogP contribution is -2.43. The van der Waals surface area contributed by atoms with Crippen LogP contribution in [0.2, 0.25) is 0 Å². The number of amides is 2. The maximum absolute atomic E-state index is 12.9. The number of thiophene rings is 1. The number of benzene rings is 2. The average Bonchev–Trinajstić information content (AvgIpc) is 3.48. The molecule has 1 saturated heterocycles. The Bertz CT molecular complexity index is 1260. The highest BCUT2D eigenvalue weighted by atomic mass is 32.1. The molecule has 0 bridgehead atoms. The fraction of sp³-hybridized carbons (Fsp3) is 0.240. The lowest BCUT2D eigenvalue weighted by Gasteiger charge is -2.31. The Morgan fingerprint density at radius 1 is 1.06 bits per heavy atom. The molecule has 32 heavy (non-hydrogen) atoms. The normalized spacial score (nSPS) is 16.3. The van der Waals surface area contributed by atoms with Crippen LogP contribution in [0.5, 0.6) is 0 Å². The van der Waals surface area contributed by atoms with Crippen molar-refractivity contribution in [3.8, 4) is 11.4 Å². The van der Waals surface area contributed by atoms with E-state index < -0.39 is 0 Å². The minimum absolute atomic E-state index is 0.0179. The van der Waals surface area contributed by atoms with Crippen LogP contribution in [0.15, 0.2) is 66.0 Å². The van der Waals surface area contributed by atoms with Gasteiger partial charge in [-0.1, -0.05) is 18.2 Å². The average molecular weight is 445 g/mol. The number of carbonyl (C=O) groups excluding carboxylic acids is 2. The summed E-state index contributed by atoms with van der Waals surface area (Å²) in [6, 6.07) is 19.5. The van der Waals surface area contributed by atoms with Crippen molar-refractivity contribution in [3.05, 3.63) is 70.9 Å². The predicted molar refractivity (Wildman–Crippen MR) is 128 cm³/mol. The van der Waals surface area contributed by atoms with Crippen molar-refractivity contribution in [1.29, 1.82) is 0 Å². The molecule has 1 atom stereocenters. The van der Waals surface area contributed by atoms with Crippen LogP contribution in [0.4, 0.5) is 5.69 Å². The molecule has 1 N–H and O–H groups in total. The maximum Gasteiger partial charge on any atom is 0.263 e. The number of para-hydroxylation sites is 2. The van der Waals surface area contributed by atoms with E-state index in [4.69, 9.17) is 4.98 Å². The smallest absolute Gasteiger partial charge is 0.263 e. The Balaban J connectivity index is 1.26. The van der Waals surface area contributed by atoms with Crippen LogP contribution < -0.4 is 5.32 Å². The van der Waals surface area contributed by atoms with E-state index in [0.717, 1.165) is 45.8 Å². The van der Waals surface area contributed by atoms with E-state index in [1.807, 2.05) is 67.0 Å². The number of hydrogen-bond acceptors (Lipinski definition) is 4. The number of anilines is 1. The van der Waals surface area contributed by atoms with E-state index in [-0.39, 0.29) is 17.7 Å². The Morgan fingerprint density at radius 3 is 2.62 bits per heavy atom. The second-order valence-electron chi connectivity index (χ2n) is 8.12. The van der Waals surface area contributed by atoms with E-state index in [2.05, 4.69) is 16.0 Å². The number of piperidine rings is 1. The second kappa shape index (κ2) is 8.59. The van der Waals surface area contributed by atoms with Gasteiger partial charge in [0, 0.05) is 31.4 Å². The predicted octanol–water partition coefficient (Wildman–Crippen LogP) is 4.79. The first kappa shape index (κ1) is 20.5. The number of aryl methyl sites for hydroxylation is 1. The van der Waals surface area contributed by atoms with Crippen LogP contribution in [0, 0.1) is 5.92 Å². The van der Waals surface area contributed by atoms with Gasteiger partial charge in [0.2, 0.25) is 5.91 Å². The minimum atomic E-state index is -0.202. The summed E-state index contributed by atoms with van der Waals surface area (Å²) in [4.78, 5) is 32.8. The number of nitrogens with one attached hydrogen (secondary N) is 1. The van der Waals surface area contributed by atoms with Gasteiger partial charge >= 0.3 is 0 Å². The van der Waals surface area contributed by atoms with Crippen molar-refractivity contribution >= 4 is 39.9 Å². The third-order valence-corrected chi connectivity index (χ3v) is 6.87. The van der Waals surface area contributed by atoms with E-state index in [1.54, 1.807) is 4.90 Å². The van der Waals surface area contributed by atoms with Crippen LogP contribution in [0.25, 0.3) is 22.4 Å². The SMILES string of the molecule is Cn1c(-c2ccc(NC(=O)C3CCCN(C(=O)c4cccs4)C3)cc2)nc2ccccc21. The zero-order valence-electron chi connectivity index (χ0n) is 17.8. The number of carbonyl (C=O) groups is 2. The van der Waals surface area contributed by atoms with Gasteiger partial charge in [0.15, 0.2) is 0 Å². The number of nitrogens with zero attached hydrogens (tertiary/aromatic N) is 3. The molecule has 4 aromatic rings. The molecular weight excluding hydrogens is 420 g/mol. The van der Waals surface area contributed by atoms with Gasteiger partial charge in [-0.2, -0.15) is 0 Å². The molecule has 3 heterocycles. The first-order valence-electron chi connectivity index (χ1n) is 10.8. The molecule has 2 amide bonds. The summed E-state index contributed by atoms with van der Waals surface area (Å²) < 4.78 is 2.07. The molecule has 7 heteroatoms. The monoisotopic (exact) mass is 444 g/mol. The summed E-state index contributed by atoms with van der Waals surface area (Å²) in [6.07, 6.45) is 1.62. The lowest BCUT2D eigenvalue weighted by atomic mass is 9.96. The Hall–Kier alpha value is -3.45. The summed E-state index contributed by atoms with van der Waals surface area (Å²) in [5.41, 5.74) is 3.78. The van der Waals surface area contributed by atoms with Gasteiger partial charge in [0.1, 0.15) is 5.82 Å².